The van der Waals surface area contributed by atoms with Crippen LogP contribution in [0.5, 0.6) is 0 Å². The highest BCUT2D eigenvalue weighted by Crippen LogP contribution is 2.41. The Morgan fingerprint density at radius 2 is 2.06 bits per heavy atom. The molecule has 4 atom stereocenters. The number of esters is 1. The minimum absolute atomic E-state index is 0.0987. The van der Waals surface area contributed by atoms with Crippen molar-refractivity contribution in [1.82, 2.24) is 0 Å². The van der Waals surface area contributed by atoms with Gasteiger partial charge in [0.05, 0.1) is 13.2 Å². The van der Waals surface area contributed by atoms with Crippen molar-refractivity contribution < 1.29 is 29.2 Å². The van der Waals surface area contributed by atoms with Crippen LogP contribution in [0.25, 0.3) is 0 Å². The summed E-state index contributed by atoms with van der Waals surface area (Å²) in [4.78, 5) is 11.5. The summed E-state index contributed by atoms with van der Waals surface area (Å²) in [5.74, 6) is -1.64. The van der Waals surface area contributed by atoms with Gasteiger partial charge in [-0.05, 0) is 26.7 Å². The molecule has 6 heteroatoms. The summed E-state index contributed by atoms with van der Waals surface area (Å²) in [6.07, 6.45) is -1.80. The number of fused-ring (bicyclic) bond motifs is 1. The van der Waals surface area contributed by atoms with E-state index in [2.05, 4.69) is 4.74 Å². The van der Waals surface area contributed by atoms with Gasteiger partial charge in [-0.1, -0.05) is 0 Å². The Hall–Kier alpha value is -0.690. The second-order valence-electron chi connectivity index (χ2n) is 5.04. The van der Waals surface area contributed by atoms with Crippen LogP contribution < -0.4 is 0 Å². The van der Waals surface area contributed by atoms with E-state index in [1.807, 2.05) is 0 Å². The van der Waals surface area contributed by atoms with Crippen molar-refractivity contribution in [2.24, 2.45) is 0 Å². The number of aliphatic hydroxyl groups excluding tert-OH is 1. The molecule has 0 radical (unpaired) electrons. The van der Waals surface area contributed by atoms with Crippen LogP contribution in [0.1, 0.15) is 26.7 Å². The maximum absolute atomic E-state index is 11.5. The topological polar surface area (TPSA) is 85.2 Å². The normalized spacial score (nSPS) is 44.2. The lowest BCUT2D eigenvalue weighted by Gasteiger charge is -2.39. The zero-order valence-corrected chi connectivity index (χ0v) is 10.2. The molecule has 2 N–H and O–H groups in total. The van der Waals surface area contributed by atoms with Crippen LogP contribution in [-0.2, 0) is 19.0 Å². The highest BCUT2D eigenvalue weighted by molar-refractivity contribution is 5.80. The molecule has 2 rings (SSSR count). The SMILES string of the molecule is COC(=O)[C@@]1(O)CC[C@H]2OC(C)(C)O[C@H]2[C@@H]1O. The first-order valence-electron chi connectivity index (χ1n) is 5.65. The summed E-state index contributed by atoms with van der Waals surface area (Å²) >= 11 is 0. The lowest BCUT2D eigenvalue weighted by molar-refractivity contribution is -0.201. The number of methoxy groups -OCH3 is 1. The van der Waals surface area contributed by atoms with Gasteiger partial charge in [0.1, 0.15) is 12.2 Å². The molecular weight excluding hydrogens is 228 g/mol. The number of hydrogen-bond donors (Lipinski definition) is 2. The molecule has 0 amide bonds. The fourth-order valence-corrected chi connectivity index (χ4v) is 2.54. The number of carbonyl (C=O) groups excluding carboxylic acids is 1. The highest BCUT2D eigenvalue weighted by Gasteiger charge is 2.58. The average Bonchev–Trinajstić information content (AvgIpc) is 2.58. The quantitative estimate of drug-likeness (QED) is 0.610. The third kappa shape index (κ3) is 1.95. The molecule has 17 heavy (non-hydrogen) atoms. The van der Waals surface area contributed by atoms with Crippen LogP contribution >= 0.6 is 0 Å². The lowest BCUT2D eigenvalue weighted by Crippen LogP contribution is -2.61. The second-order valence-corrected chi connectivity index (χ2v) is 5.04. The van der Waals surface area contributed by atoms with E-state index in [0.29, 0.717) is 6.42 Å². The third-order valence-corrected chi connectivity index (χ3v) is 3.37. The Morgan fingerprint density at radius 1 is 1.41 bits per heavy atom. The number of hydrogen-bond acceptors (Lipinski definition) is 6. The first-order valence-corrected chi connectivity index (χ1v) is 5.65. The molecule has 0 aromatic rings. The van der Waals surface area contributed by atoms with Gasteiger partial charge >= 0.3 is 5.97 Å². The Kier molecular flexibility index (Phi) is 2.94. The van der Waals surface area contributed by atoms with Gasteiger partial charge in [0.25, 0.3) is 0 Å². The van der Waals surface area contributed by atoms with Crippen LogP contribution in [0.3, 0.4) is 0 Å². The molecule has 2 aliphatic rings. The fraction of sp³-hybridized carbons (Fsp3) is 0.909. The van der Waals surface area contributed by atoms with E-state index < -0.39 is 29.6 Å². The zero-order valence-electron chi connectivity index (χ0n) is 10.2. The van der Waals surface area contributed by atoms with E-state index >= 15 is 0 Å². The molecule has 0 aromatic heterocycles. The van der Waals surface area contributed by atoms with E-state index in [0.717, 1.165) is 0 Å². The van der Waals surface area contributed by atoms with Crippen LogP contribution in [0.4, 0.5) is 0 Å². The van der Waals surface area contributed by atoms with Gasteiger partial charge in [-0.2, -0.15) is 0 Å². The first kappa shape index (κ1) is 12.8. The largest absolute Gasteiger partial charge is 0.467 e. The van der Waals surface area contributed by atoms with E-state index in [9.17, 15) is 15.0 Å². The molecule has 98 valence electrons. The average molecular weight is 246 g/mol. The highest BCUT2D eigenvalue weighted by atomic mass is 16.8. The molecule has 0 unspecified atom stereocenters. The van der Waals surface area contributed by atoms with Gasteiger partial charge in [-0.15, -0.1) is 0 Å². The minimum atomic E-state index is -1.90. The van der Waals surface area contributed by atoms with Gasteiger partial charge in [0.2, 0.25) is 0 Å². The summed E-state index contributed by atoms with van der Waals surface area (Å²) in [5, 5.41) is 20.2. The number of ether oxygens (including phenoxy) is 3. The molecular formula is C11H18O6. The smallest absolute Gasteiger partial charge is 0.340 e. The lowest BCUT2D eigenvalue weighted by atomic mass is 9.79. The first-order chi connectivity index (χ1) is 7.80. The standard InChI is InChI=1S/C11H18O6/c1-10(2)16-6-4-5-11(14,9(13)15-3)8(12)7(6)17-10/h6-8,12,14H,4-5H2,1-3H3/t6-,7-,8+,11-/m1/s1. The maximum atomic E-state index is 11.5. The number of carbonyl (C=O) groups is 1. The van der Waals surface area contributed by atoms with Gasteiger partial charge in [0.15, 0.2) is 11.4 Å². The minimum Gasteiger partial charge on any atom is -0.467 e. The van der Waals surface area contributed by atoms with Crippen LogP contribution in [0.2, 0.25) is 0 Å². The Balaban J connectivity index is 2.21. The fourth-order valence-electron chi connectivity index (χ4n) is 2.54. The van der Waals surface area contributed by atoms with E-state index in [1.54, 1.807) is 13.8 Å². The molecule has 6 nitrogen and oxygen atoms in total. The molecule has 0 spiro atoms. The third-order valence-electron chi connectivity index (χ3n) is 3.37. The molecule has 0 aromatic carbocycles. The molecule has 1 heterocycles. The predicted molar refractivity (Wildman–Crippen MR) is 56.0 cm³/mol. The summed E-state index contributed by atoms with van der Waals surface area (Å²) < 4.78 is 15.6. The second kappa shape index (κ2) is 3.91. The molecule has 1 saturated heterocycles. The zero-order chi connectivity index (χ0) is 12.8. The van der Waals surface area contributed by atoms with E-state index in [4.69, 9.17) is 9.47 Å². The predicted octanol–water partition coefficient (Wildman–Crippen LogP) is -0.435. The number of rotatable bonds is 1. The molecule has 1 saturated carbocycles. The monoisotopic (exact) mass is 246 g/mol. The van der Waals surface area contributed by atoms with Crippen molar-refractivity contribution in [1.29, 1.82) is 0 Å². The summed E-state index contributed by atoms with van der Waals surface area (Å²) in [6.45, 7) is 3.46. The maximum Gasteiger partial charge on any atom is 0.340 e. The molecule has 0 bridgehead atoms. The van der Waals surface area contributed by atoms with Crippen molar-refractivity contribution in [3.05, 3.63) is 0 Å². The van der Waals surface area contributed by atoms with Crippen molar-refractivity contribution in [2.75, 3.05) is 7.11 Å². The number of aliphatic hydroxyl groups is 2. The van der Waals surface area contributed by atoms with Crippen LogP contribution in [-0.4, -0.2) is 53.0 Å². The summed E-state index contributed by atoms with van der Waals surface area (Å²) in [6, 6.07) is 0. The van der Waals surface area contributed by atoms with Crippen LogP contribution in [0, 0.1) is 0 Å². The van der Waals surface area contributed by atoms with Gasteiger partial charge in [-0.25, -0.2) is 4.79 Å². The van der Waals surface area contributed by atoms with Crippen LogP contribution in [0.15, 0.2) is 0 Å². The van der Waals surface area contributed by atoms with Crippen molar-refractivity contribution in [2.45, 2.75) is 56.4 Å². The van der Waals surface area contributed by atoms with E-state index in [-0.39, 0.29) is 12.5 Å². The summed E-state index contributed by atoms with van der Waals surface area (Å²) in [7, 11) is 1.18. The Morgan fingerprint density at radius 3 is 2.65 bits per heavy atom. The van der Waals surface area contributed by atoms with Gasteiger partial charge in [0, 0.05) is 0 Å². The summed E-state index contributed by atoms with van der Waals surface area (Å²) in [5.41, 5.74) is -1.90. The van der Waals surface area contributed by atoms with Gasteiger partial charge < -0.3 is 24.4 Å². The van der Waals surface area contributed by atoms with E-state index in [1.165, 1.54) is 7.11 Å². The van der Waals surface area contributed by atoms with Crippen molar-refractivity contribution in [3.63, 3.8) is 0 Å². The Bertz CT molecular complexity index is 328. The van der Waals surface area contributed by atoms with Crippen molar-refractivity contribution in [3.8, 4) is 0 Å². The van der Waals surface area contributed by atoms with Crippen molar-refractivity contribution >= 4 is 5.97 Å². The Labute approximate surface area is 99.5 Å². The molecule has 1 aliphatic carbocycles. The molecule has 1 aliphatic heterocycles. The van der Waals surface area contributed by atoms with Gasteiger partial charge in [-0.3, -0.25) is 0 Å². The molecule has 2 fully saturated rings.